The maximum Gasteiger partial charge on any atom is 0.306 e. The molecule has 0 saturated carbocycles. The summed E-state index contributed by atoms with van der Waals surface area (Å²) >= 11 is 0. The van der Waals surface area contributed by atoms with Crippen LogP contribution in [0.1, 0.15) is 245 Å². The monoisotopic (exact) mass is 917 g/mol. The van der Waals surface area contributed by atoms with Gasteiger partial charge in [0.05, 0.1) is 0 Å². The SMILES string of the molecule is CC/C=C\C/C=C\C/C=C\C/C=C\C/C=C\CCCC(=O)OC[C@@H](COC(=O)CCCCCCC/C=C\C/C=C\CCCC)OC(=O)CCCCCCCCC/C=C\CCCCCCCC. The summed E-state index contributed by atoms with van der Waals surface area (Å²) in [6, 6.07) is 0. The van der Waals surface area contributed by atoms with E-state index in [1.54, 1.807) is 0 Å². The van der Waals surface area contributed by atoms with Crippen LogP contribution in [0.4, 0.5) is 0 Å². The molecule has 0 amide bonds. The van der Waals surface area contributed by atoms with Gasteiger partial charge < -0.3 is 14.2 Å². The summed E-state index contributed by atoms with van der Waals surface area (Å²) in [5.74, 6) is -0.983. The van der Waals surface area contributed by atoms with Crippen molar-refractivity contribution in [1.82, 2.24) is 0 Å². The van der Waals surface area contributed by atoms with Crippen LogP contribution in [-0.4, -0.2) is 37.2 Å². The Morgan fingerprint density at radius 1 is 0.318 bits per heavy atom. The maximum absolute atomic E-state index is 12.8. The van der Waals surface area contributed by atoms with Crippen LogP contribution in [-0.2, 0) is 28.6 Å². The Morgan fingerprint density at radius 2 is 0.621 bits per heavy atom. The molecule has 6 heteroatoms. The quantitative estimate of drug-likeness (QED) is 0.0262. The van der Waals surface area contributed by atoms with Gasteiger partial charge in [-0.3, -0.25) is 14.4 Å². The molecule has 0 aromatic heterocycles. The van der Waals surface area contributed by atoms with Gasteiger partial charge in [0.2, 0.25) is 0 Å². The molecule has 0 aliphatic heterocycles. The van der Waals surface area contributed by atoms with E-state index in [-0.39, 0.29) is 37.5 Å². The van der Waals surface area contributed by atoms with Gasteiger partial charge in [-0.15, -0.1) is 0 Å². The van der Waals surface area contributed by atoms with Crippen molar-refractivity contribution in [2.24, 2.45) is 0 Å². The second kappa shape index (κ2) is 53.9. The predicted molar refractivity (Wildman–Crippen MR) is 284 cm³/mol. The minimum Gasteiger partial charge on any atom is -0.462 e. The Balaban J connectivity index is 4.50. The third kappa shape index (κ3) is 51.3. The number of esters is 3. The van der Waals surface area contributed by atoms with Crippen molar-refractivity contribution >= 4 is 17.9 Å². The van der Waals surface area contributed by atoms with Crippen LogP contribution in [0, 0.1) is 0 Å². The Hall–Kier alpha value is -3.67. The number of ether oxygens (including phenoxy) is 3. The van der Waals surface area contributed by atoms with E-state index in [1.807, 2.05) is 0 Å². The van der Waals surface area contributed by atoms with E-state index in [4.69, 9.17) is 14.2 Å². The van der Waals surface area contributed by atoms with E-state index >= 15 is 0 Å². The van der Waals surface area contributed by atoms with Gasteiger partial charge in [-0.1, -0.05) is 214 Å². The van der Waals surface area contributed by atoms with Crippen molar-refractivity contribution in [2.45, 2.75) is 252 Å². The first kappa shape index (κ1) is 62.3. The highest BCUT2D eigenvalue weighted by Crippen LogP contribution is 2.14. The van der Waals surface area contributed by atoms with E-state index in [0.29, 0.717) is 19.3 Å². The molecular formula is C60H100O6. The molecule has 0 aromatic rings. The minimum atomic E-state index is -0.809. The van der Waals surface area contributed by atoms with Gasteiger partial charge in [0.15, 0.2) is 6.10 Å². The molecular weight excluding hydrogens is 817 g/mol. The summed E-state index contributed by atoms with van der Waals surface area (Å²) in [6.07, 6.45) is 71.1. The highest BCUT2D eigenvalue weighted by Gasteiger charge is 2.19. The first-order valence-corrected chi connectivity index (χ1v) is 27.2. The summed E-state index contributed by atoms with van der Waals surface area (Å²) in [5, 5.41) is 0. The zero-order valence-corrected chi connectivity index (χ0v) is 42.9. The molecule has 376 valence electrons. The molecule has 66 heavy (non-hydrogen) atoms. The Kier molecular flexibility index (Phi) is 50.9. The number of rotatable bonds is 48. The molecule has 6 nitrogen and oxygen atoms in total. The van der Waals surface area contributed by atoms with Gasteiger partial charge in [0, 0.05) is 19.3 Å². The zero-order valence-electron chi connectivity index (χ0n) is 42.9. The molecule has 1 atom stereocenters. The molecule has 0 aromatic carbocycles. The molecule has 0 aliphatic carbocycles. The van der Waals surface area contributed by atoms with Crippen molar-refractivity contribution in [2.75, 3.05) is 13.2 Å². The van der Waals surface area contributed by atoms with Crippen molar-refractivity contribution in [3.63, 3.8) is 0 Å². The molecule has 0 N–H and O–H groups in total. The van der Waals surface area contributed by atoms with Crippen LogP contribution in [0.25, 0.3) is 0 Å². The fourth-order valence-electron chi connectivity index (χ4n) is 7.19. The lowest BCUT2D eigenvalue weighted by Gasteiger charge is -2.18. The molecule has 0 unspecified atom stereocenters. The van der Waals surface area contributed by atoms with Crippen LogP contribution < -0.4 is 0 Å². The van der Waals surface area contributed by atoms with Crippen LogP contribution in [0.2, 0.25) is 0 Å². The standard InChI is InChI=1S/C60H100O6/c1-4-7-10-13-16-19-22-25-28-30-32-35-38-41-44-47-50-53-59(62)65-56-57(55-64-58(61)52-49-46-43-40-37-34-27-24-21-18-15-12-9-6-3)66-60(63)54-51-48-45-42-39-36-33-31-29-26-23-20-17-14-11-8-5-2/h7,10,15-16,18-19,24-29,32,35,41,44,57H,4-6,8-9,11-14,17,20-23,30-31,33-34,36-40,42-43,45-56H2,1-3H3/b10-7-,18-15-,19-16-,27-24-,28-25-,29-26-,35-32-,44-41-/t57-/m1/s1. The van der Waals surface area contributed by atoms with Gasteiger partial charge in [0.25, 0.3) is 0 Å². The van der Waals surface area contributed by atoms with Crippen molar-refractivity contribution < 1.29 is 28.6 Å². The number of unbranched alkanes of at least 4 members (excludes halogenated alkanes) is 21. The topological polar surface area (TPSA) is 78.9 Å². The van der Waals surface area contributed by atoms with Crippen LogP contribution in [0.3, 0.4) is 0 Å². The Morgan fingerprint density at radius 3 is 1.05 bits per heavy atom. The lowest BCUT2D eigenvalue weighted by Crippen LogP contribution is -2.30. The van der Waals surface area contributed by atoms with E-state index in [1.165, 1.54) is 96.3 Å². The van der Waals surface area contributed by atoms with Crippen molar-refractivity contribution in [1.29, 1.82) is 0 Å². The number of carbonyl (C=O) groups excluding carboxylic acids is 3. The minimum absolute atomic E-state index is 0.105. The molecule has 0 aliphatic rings. The van der Waals surface area contributed by atoms with Crippen LogP contribution >= 0.6 is 0 Å². The van der Waals surface area contributed by atoms with Crippen LogP contribution in [0.15, 0.2) is 97.2 Å². The summed E-state index contributed by atoms with van der Waals surface area (Å²) in [6.45, 7) is 6.41. The van der Waals surface area contributed by atoms with Crippen LogP contribution in [0.5, 0.6) is 0 Å². The number of hydrogen-bond acceptors (Lipinski definition) is 6. The summed E-state index contributed by atoms with van der Waals surface area (Å²) in [7, 11) is 0. The molecule has 0 heterocycles. The van der Waals surface area contributed by atoms with E-state index in [9.17, 15) is 14.4 Å². The predicted octanol–water partition coefficient (Wildman–Crippen LogP) is 18.1. The third-order valence-corrected chi connectivity index (χ3v) is 11.3. The third-order valence-electron chi connectivity index (χ3n) is 11.3. The molecule has 0 radical (unpaired) electrons. The molecule has 0 spiro atoms. The fraction of sp³-hybridized carbons (Fsp3) is 0.683. The summed E-state index contributed by atoms with van der Waals surface area (Å²) in [4.78, 5) is 38.1. The van der Waals surface area contributed by atoms with E-state index < -0.39 is 6.10 Å². The largest absolute Gasteiger partial charge is 0.462 e. The van der Waals surface area contributed by atoms with E-state index in [2.05, 4.69) is 118 Å². The highest BCUT2D eigenvalue weighted by molar-refractivity contribution is 5.71. The molecule has 0 saturated heterocycles. The normalized spacial score (nSPS) is 12.8. The Labute approximate surface area is 407 Å². The second-order valence-electron chi connectivity index (χ2n) is 17.7. The number of hydrogen-bond donors (Lipinski definition) is 0. The maximum atomic E-state index is 12.8. The molecule has 0 bridgehead atoms. The average molecular weight is 917 g/mol. The lowest BCUT2D eigenvalue weighted by atomic mass is 10.1. The van der Waals surface area contributed by atoms with Crippen molar-refractivity contribution in [3.8, 4) is 0 Å². The smallest absolute Gasteiger partial charge is 0.306 e. The lowest BCUT2D eigenvalue weighted by molar-refractivity contribution is -0.167. The Bertz CT molecular complexity index is 1330. The van der Waals surface area contributed by atoms with E-state index in [0.717, 1.165) is 103 Å². The number of carbonyl (C=O) groups is 3. The molecule has 0 fully saturated rings. The second-order valence-corrected chi connectivity index (χ2v) is 17.7. The first-order valence-electron chi connectivity index (χ1n) is 27.2. The van der Waals surface area contributed by atoms with Crippen molar-refractivity contribution in [3.05, 3.63) is 97.2 Å². The summed E-state index contributed by atoms with van der Waals surface area (Å²) < 4.78 is 16.8. The zero-order chi connectivity index (χ0) is 47.9. The van der Waals surface area contributed by atoms with Gasteiger partial charge in [-0.25, -0.2) is 0 Å². The van der Waals surface area contributed by atoms with Gasteiger partial charge >= 0.3 is 17.9 Å². The average Bonchev–Trinajstić information content (AvgIpc) is 3.31. The van der Waals surface area contributed by atoms with Gasteiger partial charge in [0.1, 0.15) is 13.2 Å². The molecule has 0 rings (SSSR count). The van der Waals surface area contributed by atoms with Gasteiger partial charge in [-0.2, -0.15) is 0 Å². The first-order chi connectivity index (χ1) is 32.5. The number of allylic oxidation sites excluding steroid dienone is 16. The summed E-state index contributed by atoms with van der Waals surface area (Å²) in [5.41, 5.74) is 0. The highest BCUT2D eigenvalue weighted by atomic mass is 16.6. The fourth-order valence-corrected chi connectivity index (χ4v) is 7.19. The van der Waals surface area contributed by atoms with Gasteiger partial charge in [-0.05, 0) is 109 Å².